The normalized spacial score (nSPS) is 31.4. The van der Waals surface area contributed by atoms with Gasteiger partial charge in [0.1, 0.15) is 0 Å². The first kappa shape index (κ1) is 12.9. The van der Waals surface area contributed by atoms with Gasteiger partial charge in [0.05, 0.1) is 0 Å². The smallest absolute Gasteiger partial charge is 0.201 e. The molecule has 110 valence electrons. The van der Waals surface area contributed by atoms with Gasteiger partial charge in [0.2, 0.25) is 6.29 Å². The Balaban J connectivity index is 1.51. The molecule has 3 aliphatic heterocycles. The molecule has 1 N–H and O–H groups in total. The number of allylic oxidation sites excluding steroid dienone is 1. The second-order valence-electron chi connectivity index (χ2n) is 6.10. The van der Waals surface area contributed by atoms with E-state index >= 15 is 0 Å². The zero-order valence-corrected chi connectivity index (χ0v) is 12.1. The van der Waals surface area contributed by atoms with Crippen LogP contribution in [0.15, 0.2) is 41.5 Å². The number of rotatable bonds is 2. The highest BCUT2D eigenvalue weighted by molar-refractivity contribution is 5.71. The topological polar surface area (TPSA) is 42.3 Å². The molecule has 4 rings (SSSR count). The fourth-order valence-corrected chi connectivity index (χ4v) is 3.74. The summed E-state index contributed by atoms with van der Waals surface area (Å²) in [5.41, 5.74) is 2.62. The van der Waals surface area contributed by atoms with Crippen LogP contribution in [0.25, 0.3) is 0 Å². The molecule has 2 saturated heterocycles. The van der Waals surface area contributed by atoms with Crippen LogP contribution in [0.3, 0.4) is 0 Å². The van der Waals surface area contributed by atoms with E-state index in [1.807, 2.05) is 0 Å². The molecule has 21 heavy (non-hydrogen) atoms. The van der Waals surface area contributed by atoms with Crippen LogP contribution < -0.4 is 4.90 Å². The maximum atomic E-state index is 9.95. The van der Waals surface area contributed by atoms with Crippen molar-refractivity contribution < 1.29 is 5.21 Å². The van der Waals surface area contributed by atoms with Crippen LogP contribution in [0.2, 0.25) is 0 Å². The number of piperazine rings is 1. The maximum Gasteiger partial charge on any atom is 0.201 e. The first-order valence-corrected chi connectivity index (χ1v) is 7.48. The summed E-state index contributed by atoms with van der Waals surface area (Å²) in [5, 5.41) is 11.2. The number of hydroxylamine groups is 2. The third kappa shape index (κ3) is 2.13. The summed E-state index contributed by atoms with van der Waals surface area (Å²) in [5.74, 6) is 0. The van der Waals surface area contributed by atoms with E-state index in [1.165, 1.54) is 16.3 Å². The van der Waals surface area contributed by atoms with Crippen molar-refractivity contribution in [2.24, 2.45) is 4.99 Å². The minimum atomic E-state index is -0.260. The molecule has 0 saturated carbocycles. The number of hydrogen-bond acceptors (Lipinski definition) is 5. The Labute approximate surface area is 124 Å². The Morgan fingerprint density at radius 2 is 2.14 bits per heavy atom. The first-order valence-electron chi connectivity index (χ1n) is 7.48. The van der Waals surface area contributed by atoms with Crippen molar-refractivity contribution in [3.8, 4) is 0 Å². The second-order valence-corrected chi connectivity index (χ2v) is 6.10. The molecule has 0 radical (unpaired) electrons. The lowest BCUT2D eigenvalue weighted by Gasteiger charge is -2.40. The fraction of sp³-hybridized carbons (Fsp3) is 0.438. The van der Waals surface area contributed by atoms with Crippen molar-refractivity contribution >= 4 is 11.9 Å². The number of nitrogens with zero attached hydrogens (tertiary/aromatic N) is 4. The van der Waals surface area contributed by atoms with Crippen molar-refractivity contribution in [1.29, 1.82) is 0 Å². The highest BCUT2D eigenvalue weighted by Crippen LogP contribution is 2.36. The van der Waals surface area contributed by atoms with Crippen molar-refractivity contribution in [3.63, 3.8) is 0 Å². The summed E-state index contributed by atoms with van der Waals surface area (Å²) in [7, 11) is 0. The number of fused-ring (bicyclic) bond motifs is 2. The zero-order chi connectivity index (χ0) is 14.4. The lowest BCUT2D eigenvalue weighted by Crippen LogP contribution is -2.54. The number of likely N-dealkylation sites (tertiary alicyclic amines) is 1. The van der Waals surface area contributed by atoms with Gasteiger partial charge in [0.15, 0.2) is 0 Å². The minimum absolute atomic E-state index is 0.260. The van der Waals surface area contributed by atoms with Crippen molar-refractivity contribution in [1.82, 2.24) is 9.96 Å². The number of benzene rings is 1. The van der Waals surface area contributed by atoms with Gasteiger partial charge < -0.3 is 4.90 Å². The van der Waals surface area contributed by atoms with Crippen LogP contribution in [0.5, 0.6) is 0 Å². The molecule has 3 atom stereocenters. The van der Waals surface area contributed by atoms with E-state index in [1.54, 1.807) is 18.5 Å². The zero-order valence-electron chi connectivity index (χ0n) is 12.1. The summed E-state index contributed by atoms with van der Waals surface area (Å²) in [4.78, 5) is 9.20. The van der Waals surface area contributed by atoms with Gasteiger partial charge in [-0.2, -0.15) is 0 Å². The molecule has 5 heteroatoms. The van der Waals surface area contributed by atoms with Gasteiger partial charge >= 0.3 is 0 Å². The minimum Gasteiger partial charge on any atom is -0.366 e. The molecule has 3 aliphatic rings. The summed E-state index contributed by atoms with van der Waals surface area (Å²) >= 11 is 0. The molecule has 3 heterocycles. The van der Waals surface area contributed by atoms with E-state index in [4.69, 9.17) is 0 Å². The van der Waals surface area contributed by atoms with Gasteiger partial charge in [-0.05, 0) is 37.1 Å². The van der Waals surface area contributed by atoms with Gasteiger partial charge in [-0.1, -0.05) is 12.1 Å². The lowest BCUT2D eigenvalue weighted by atomic mass is 10.2. The molecule has 0 amide bonds. The Hall–Kier alpha value is -1.85. The van der Waals surface area contributed by atoms with Crippen molar-refractivity contribution in [3.05, 3.63) is 42.1 Å². The molecule has 5 nitrogen and oxygen atoms in total. The molecular formula is C16H20N4O. The van der Waals surface area contributed by atoms with Crippen LogP contribution >= 0.6 is 0 Å². The fourth-order valence-electron chi connectivity index (χ4n) is 3.74. The summed E-state index contributed by atoms with van der Waals surface area (Å²) in [6, 6.07) is 9.69. The highest BCUT2D eigenvalue weighted by Gasteiger charge is 2.46. The molecule has 1 unspecified atom stereocenters. The van der Waals surface area contributed by atoms with Gasteiger partial charge in [0, 0.05) is 43.3 Å². The lowest BCUT2D eigenvalue weighted by molar-refractivity contribution is -0.134. The van der Waals surface area contributed by atoms with E-state index in [-0.39, 0.29) is 6.29 Å². The van der Waals surface area contributed by atoms with Crippen LogP contribution in [-0.2, 0) is 0 Å². The van der Waals surface area contributed by atoms with Gasteiger partial charge in [-0.15, -0.1) is 0 Å². The van der Waals surface area contributed by atoms with Crippen LogP contribution in [0, 0.1) is 6.92 Å². The van der Waals surface area contributed by atoms with E-state index in [0.717, 1.165) is 19.5 Å². The standard InChI is InChI=1S/C16H20N4O/c1-12-4-2-5-13(8-12)18-10-15-9-14(18)11-19(15)16-17-6-3-7-20(16)21/h2-8,14-16,21H,9-11H2,1H3/t14-,15-,16?/m1/s1. The van der Waals surface area contributed by atoms with Gasteiger partial charge in [0.25, 0.3) is 0 Å². The summed E-state index contributed by atoms with van der Waals surface area (Å²) in [6.07, 6.45) is 6.08. The van der Waals surface area contributed by atoms with E-state index in [0.29, 0.717) is 12.1 Å². The SMILES string of the molecule is Cc1cccc(N2C[C@H]3C[C@@H]2CN3C2N=CC=CN2O)c1. The summed E-state index contributed by atoms with van der Waals surface area (Å²) in [6.45, 7) is 4.10. The number of anilines is 1. The number of hydrogen-bond donors (Lipinski definition) is 1. The molecule has 0 aliphatic carbocycles. The Bertz CT molecular complexity index is 600. The van der Waals surface area contributed by atoms with Crippen LogP contribution in [0.4, 0.5) is 5.69 Å². The third-order valence-corrected chi connectivity index (χ3v) is 4.69. The largest absolute Gasteiger partial charge is 0.366 e. The number of aliphatic imine (C=N–C) groups is 1. The highest BCUT2D eigenvalue weighted by atomic mass is 16.5. The molecule has 2 fully saturated rings. The quantitative estimate of drug-likeness (QED) is 0.900. The average Bonchev–Trinajstić information content (AvgIpc) is 3.08. The van der Waals surface area contributed by atoms with Gasteiger partial charge in [-0.3, -0.25) is 15.1 Å². The molecule has 1 aromatic rings. The predicted molar refractivity (Wildman–Crippen MR) is 82.5 cm³/mol. The predicted octanol–water partition coefficient (Wildman–Crippen LogP) is 1.83. The maximum absolute atomic E-state index is 9.95. The number of aryl methyl sites for hydroxylation is 1. The Morgan fingerprint density at radius 3 is 2.86 bits per heavy atom. The van der Waals surface area contributed by atoms with E-state index in [9.17, 15) is 5.21 Å². The van der Waals surface area contributed by atoms with Gasteiger partial charge in [-0.25, -0.2) is 5.06 Å². The van der Waals surface area contributed by atoms with Crippen LogP contribution in [0.1, 0.15) is 12.0 Å². The molecule has 0 spiro atoms. The van der Waals surface area contributed by atoms with E-state index in [2.05, 4.69) is 46.0 Å². The van der Waals surface area contributed by atoms with E-state index < -0.39 is 0 Å². The van der Waals surface area contributed by atoms with Crippen LogP contribution in [-0.4, -0.2) is 52.8 Å². The Kier molecular flexibility index (Phi) is 2.97. The first-order chi connectivity index (χ1) is 10.2. The molecule has 1 aromatic carbocycles. The molecular weight excluding hydrogens is 264 g/mol. The average molecular weight is 284 g/mol. The second kappa shape index (κ2) is 4.86. The van der Waals surface area contributed by atoms with Crippen molar-refractivity contribution in [2.45, 2.75) is 31.7 Å². The molecule has 2 bridgehead atoms. The Morgan fingerprint density at radius 1 is 1.24 bits per heavy atom. The third-order valence-electron chi connectivity index (χ3n) is 4.69. The monoisotopic (exact) mass is 284 g/mol. The molecule has 0 aromatic heterocycles. The summed E-state index contributed by atoms with van der Waals surface area (Å²) < 4.78 is 0. The van der Waals surface area contributed by atoms with Crippen molar-refractivity contribution in [2.75, 3.05) is 18.0 Å².